The zero-order chi connectivity index (χ0) is 8.84. The van der Waals surface area contributed by atoms with Crippen molar-refractivity contribution < 1.29 is 4.42 Å². The van der Waals surface area contributed by atoms with E-state index in [1.807, 2.05) is 13.5 Å². The fourth-order valence-corrected chi connectivity index (χ4v) is 1.92. The summed E-state index contributed by atoms with van der Waals surface area (Å²) in [6, 6.07) is 0. The summed E-state index contributed by atoms with van der Waals surface area (Å²) in [5.74, 6) is 0. The summed E-state index contributed by atoms with van der Waals surface area (Å²) in [5.41, 5.74) is 3.38. The average molecular weight is 153 g/mol. The Morgan fingerprint density at radius 2 is 2.08 bits per heavy atom. The Bertz CT molecular complexity index is 502. The maximum absolute atomic E-state index is 5.76. The summed E-state index contributed by atoms with van der Waals surface area (Å²) < 4.78 is 5.76. The van der Waals surface area contributed by atoms with Crippen molar-refractivity contribution in [2.45, 2.75) is 0 Å². The average Bonchev–Trinajstić information content (AvgIpc) is 2.67. The van der Waals surface area contributed by atoms with E-state index in [0.29, 0.717) is 6.49 Å². The van der Waals surface area contributed by atoms with Crippen LogP contribution in [0.3, 0.4) is 0 Å². The van der Waals surface area contributed by atoms with Crippen molar-refractivity contribution in [2.24, 2.45) is 0 Å². The molecule has 1 aliphatic heterocycles. The summed E-state index contributed by atoms with van der Waals surface area (Å²) in [7, 11) is 2.16. The molecule has 1 nitrogen and oxygen atoms in total. The van der Waals surface area contributed by atoms with Gasteiger partial charge in [0.1, 0.15) is 0 Å². The molecule has 0 fully saturated rings. The summed E-state index contributed by atoms with van der Waals surface area (Å²) in [6.45, 7) is 13.0. The van der Waals surface area contributed by atoms with E-state index in [1.165, 1.54) is 10.7 Å². The second-order valence-corrected chi connectivity index (χ2v) is 3.52. The minimum absolute atomic E-state index is 0.433. The van der Waals surface area contributed by atoms with E-state index >= 15 is 0 Å². The van der Waals surface area contributed by atoms with Gasteiger partial charge in [0.05, 0.1) is 0 Å². The van der Waals surface area contributed by atoms with E-state index in [9.17, 15) is 0 Å². The van der Waals surface area contributed by atoms with Gasteiger partial charge in [-0.15, -0.1) is 0 Å². The van der Waals surface area contributed by atoms with Crippen LogP contribution in [0.15, 0.2) is 4.42 Å². The number of hydrogen-bond acceptors (Lipinski definition) is 1. The Balaban J connectivity index is 2.44. The molecule has 0 unspecified atom stereocenters. The molecule has 0 N–H and O–H groups in total. The SMILES string of the molecule is BB1B=Bc2c1oc1bbbbc21. The van der Waals surface area contributed by atoms with Crippen molar-refractivity contribution >= 4 is 76.6 Å². The zero-order valence-electron chi connectivity index (χ0n) is 7.45. The van der Waals surface area contributed by atoms with E-state index < -0.39 is 0 Å². The molecule has 0 saturated heterocycles. The van der Waals surface area contributed by atoms with Crippen molar-refractivity contribution in [3.63, 3.8) is 0 Å². The molecule has 0 bridgehead atoms. The molecule has 3 heterocycles. The molecule has 9 heteroatoms. The van der Waals surface area contributed by atoms with Gasteiger partial charge in [-0.2, -0.15) is 0 Å². The number of furan rings is 1. The zero-order valence-corrected chi connectivity index (χ0v) is 7.45. The molecular weight excluding hydrogens is 151 g/mol. The summed E-state index contributed by atoms with van der Waals surface area (Å²) in [4.78, 5) is 0. The first-order valence-electron chi connectivity index (χ1n) is 4.56. The van der Waals surface area contributed by atoms with Gasteiger partial charge in [-0.05, 0) is 0 Å². The van der Waals surface area contributed by atoms with Crippen molar-refractivity contribution in [3.05, 3.63) is 0 Å². The summed E-state index contributed by atoms with van der Waals surface area (Å²) in [5, 5.41) is 1.23. The second-order valence-electron chi connectivity index (χ2n) is 3.52. The number of rotatable bonds is 0. The Kier molecular flexibility index (Phi) is 1.81. The van der Waals surface area contributed by atoms with Crippen LogP contribution >= 0.6 is 0 Å². The first-order chi connectivity index (χ1) is 6.36. The van der Waals surface area contributed by atoms with Gasteiger partial charge < -0.3 is 0 Å². The normalized spacial score (nSPS) is 11.5. The third-order valence-corrected chi connectivity index (χ3v) is 2.63. The molecule has 13 heavy (non-hydrogen) atoms. The first-order valence-corrected chi connectivity index (χ1v) is 4.56. The molecule has 48 valence electrons. The predicted molar refractivity (Wildman–Crippen MR) is 66.7 cm³/mol. The van der Waals surface area contributed by atoms with Crippen LogP contribution in [0.25, 0.3) is 10.8 Å². The molecule has 0 amide bonds. The Morgan fingerprint density at radius 1 is 1.23 bits per heavy atom. The van der Waals surface area contributed by atoms with E-state index in [4.69, 9.17) is 4.42 Å². The fraction of sp³-hybridized carbons (Fsp3) is 0. The van der Waals surface area contributed by atoms with Crippen LogP contribution in [-0.2, 0) is 0 Å². The van der Waals surface area contributed by atoms with E-state index in [1.54, 1.807) is 0 Å². The fourth-order valence-electron chi connectivity index (χ4n) is 1.92. The van der Waals surface area contributed by atoms with Gasteiger partial charge >= 0.3 is 81.0 Å². The molecule has 0 atom stereocenters. The van der Waals surface area contributed by atoms with Crippen molar-refractivity contribution in [2.75, 3.05) is 0 Å². The van der Waals surface area contributed by atoms with Gasteiger partial charge in [-0.25, -0.2) is 0 Å². The van der Waals surface area contributed by atoms with Gasteiger partial charge in [-0.3, -0.25) is 0 Å². The molecule has 3 rings (SSSR count). The molecule has 2 aromatic rings. The third kappa shape index (κ3) is 1.12. The quantitative estimate of drug-likeness (QED) is 0.352. The van der Waals surface area contributed by atoms with Crippen molar-refractivity contribution in [3.8, 4) is 0 Å². The van der Waals surface area contributed by atoms with Gasteiger partial charge in [0, 0.05) is 0 Å². The van der Waals surface area contributed by atoms with Crippen LogP contribution in [0.5, 0.6) is 0 Å². The molecule has 0 spiro atoms. The van der Waals surface area contributed by atoms with Crippen LogP contribution in [0, 0.1) is 0 Å². The molecule has 1 aliphatic rings. The maximum atomic E-state index is 5.76. The molecule has 0 saturated carbocycles. The van der Waals surface area contributed by atoms with E-state index in [2.05, 4.69) is 34.7 Å². The standard InChI is InChI=1S/C4H2B8O/c5-12-4-2(7-11-12)1-3(13-4)8-10-9-6-1/h5H2. The molecule has 0 radical (unpaired) electrons. The van der Waals surface area contributed by atoms with Crippen LogP contribution in [-0.4, -0.2) is 54.7 Å². The topological polar surface area (TPSA) is 13.1 Å². The van der Waals surface area contributed by atoms with Crippen LogP contribution in [0.4, 0.5) is 0 Å². The number of hydrogen-bond donors (Lipinski definition) is 0. The van der Waals surface area contributed by atoms with Gasteiger partial charge in [0.15, 0.2) is 0 Å². The van der Waals surface area contributed by atoms with Crippen LogP contribution in [0.2, 0.25) is 0 Å². The Hall–Kier alpha value is -0.201. The molecular formula is C4H2B8O. The Labute approximate surface area is 81.4 Å². The van der Waals surface area contributed by atoms with Gasteiger partial charge in [0.25, 0.3) is 0 Å². The van der Waals surface area contributed by atoms with Crippen LogP contribution < -0.4 is 11.1 Å². The molecule has 2 aromatic heterocycles. The summed E-state index contributed by atoms with van der Waals surface area (Å²) >= 11 is 0. The predicted octanol–water partition coefficient (Wildman–Crippen LogP) is -3.92. The van der Waals surface area contributed by atoms with E-state index in [0.717, 1.165) is 11.1 Å². The van der Waals surface area contributed by atoms with Crippen molar-refractivity contribution in [1.29, 1.82) is 0 Å². The molecule has 0 aliphatic carbocycles. The minimum atomic E-state index is 0.433. The van der Waals surface area contributed by atoms with E-state index in [-0.39, 0.29) is 0 Å². The first kappa shape index (κ1) is 8.14. The monoisotopic (exact) mass is 154 g/mol. The number of fused-ring (bicyclic) bond motifs is 3. The van der Waals surface area contributed by atoms with Gasteiger partial charge in [-0.1, -0.05) is 0 Å². The van der Waals surface area contributed by atoms with Gasteiger partial charge in [0.2, 0.25) is 0 Å². The van der Waals surface area contributed by atoms with Crippen molar-refractivity contribution in [1.82, 2.24) is 0 Å². The summed E-state index contributed by atoms with van der Waals surface area (Å²) in [6.07, 6.45) is 0. The third-order valence-electron chi connectivity index (χ3n) is 2.63. The Morgan fingerprint density at radius 3 is 3.00 bits per heavy atom. The van der Waals surface area contributed by atoms with Crippen LogP contribution in [0.1, 0.15) is 0 Å². The molecule has 0 aromatic carbocycles. The second kappa shape index (κ2) is 2.90.